The molecule has 1 spiro atoms. The van der Waals surface area contributed by atoms with Gasteiger partial charge in [-0.2, -0.15) is 0 Å². The summed E-state index contributed by atoms with van der Waals surface area (Å²) in [5.74, 6) is 0.132. The molecule has 2 saturated heterocycles. The largest absolute Gasteiger partial charge is 0.342 e. The molecule has 0 unspecified atom stereocenters. The lowest BCUT2D eigenvalue weighted by atomic mass is 9.72. The van der Waals surface area contributed by atoms with Crippen molar-refractivity contribution in [1.29, 1.82) is 0 Å². The van der Waals surface area contributed by atoms with E-state index in [-0.39, 0.29) is 17.1 Å². The first-order chi connectivity index (χ1) is 14.0. The Hall–Kier alpha value is -2.27. The monoisotopic (exact) mass is 395 g/mol. The molecule has 3 heterocycles. The van der Waals surface area contributed by atoms with E-state index in [9.17, 15) is 9.18 Å². The maximum Gasteiger partial charge on any atom is 0.222 e. The summed E-state index contributed by atoms with van der Waals surface area (Å²) in [7, 11) is 0. The van der Waals surface area contributed by atoms with Crippen molar-refractivity contribution in [3.63, 3.8) is 0 Å². The lowest BCUT2D eigenvalue weighted by Crippen LogP contribution is -2.51. The molecule has 2 aliphatic heterocycles. The minimum atomic E-state index is -0.150. The fourth-order valence-electron chi connectivity index (χ4n) is 4.86. The first-order valence-electron chi connectivity index (χ1n) is 10.7. The number of carbonyl (C=O) groups is 1. The first kappa shape index (κ1) is 20.0. The van der Waals surface area contributed by atoms with Gasteiger partial charge in [0.2, 0.25) is 5.91 Å². The van der Waals surface area contributed by atoms with E-state index in [1.807, 2.05) is 31.3 Å². The second-order valence-corrected chi connectivity index (χ2v) is 8.80. The molecule has 4 nitrogen and oxygen atoms in total. The van der Waals surface area contributed by atoms with Crippen LogP contribution in [0.1, 0.15) is 42.5 Å². The van der Waals surface area contributed by atoms with Crippen LogP contribution in [0.5, 0.6) is 0 Å². The van der Waals surface area contributed by atoms with Gasteiger partial charge in [-0.05, 0) is 80.1 Å². The lowest BCUT2D eigenvalue weighted by Gasteiger charge is -2.47. The van der Waals surface area contributed by atoms with Gasteiger partial charge in [0.1, 0.15) is 5.82 Å². The van der Waals surface area contributed by atoms with Crippen LogP contribution in [0.25, 0.3) is 0 Å². The lowest BCUT2D eigenvalue weighted by molar-refractivity contribution is -0.139. The molecule has 1 aromatic carbocycles. The van der Waals surface area contributed by atoms with Crippen molar-refractivity contribution in [2.75, 3.05) is 26.2 Å². The molecule has 0 saturated carbocycles. The van der Waals surface area contributed by atoms with Gasteiger partial charge in [-0.15, -0.1) is 0 Å². The maximum atomic E-state index is 13.7. The third kappa shape index (κ3) is 5.02. The molecule has 2 aromatic rings. The zero-order chi connectivity index (χ0) is 20.3. The van der Waals surface area contributed by atoms with Crippen LogP contribution in [0.4, 0.5) is 4.39 Å². The SMILES string of the molecule is Cc1cc(F)cc(CN2CCC3(CCC(=O)N(CCc4ccccn4)C3)CC2)c1. The maximum absolute atomic E-state index is 13.7. The number of aryl methyl sites for hydroxylation is 1. The third-order valence-electron chi connectivity index (χ3n) is 6.54. The first-order valence-corrected chi connectivity index (χ1v) is 10.7. The Morgan fingerprint density at radius 3 is 2.69 bits per heavy atom. The van der Waals surface area contributed by atoms with Crippen LogP contribution < -0.4 is 0 Å². The van der Waals surface area contributed by atoms with Crippen molar-refractivity contribution in [3.8, 4) is 0 Å². The highest BCUT2D eigenvalue weighted by molar-refractivity contribution is 5.77. The molecule has 0 radical (unpaired) electrons. The quantitative estimate of drug-likeness (QED) is 0.768. The number of rotatable bonds is 5. The topological polar surface area (TPSA) is 36.4 Å². The highest BCUT2D eigenvalue weighted by atomic mass is 19.1. The normalized spacial score (nSPS) is 19.7. The van der Waals surface area contributed by atoms with Crippen molar-refractivity contribution < 1.29 is 9.18 Å². The number of benzene rings is 1. The van der Waals surface area contributed by atoms with Crippen LogP contribution in [0.3, 0.4) is 0 Å². The number of aromatic nitrogens is 1. The van der Waals surface area contributed by atoms with Gasteiger partial charge in [0.25, 0.3) is 0 Å². The van der Waals surface area contributed by atoms with Crippen molar-refractivity contribution in [2.24, 2.45) is 5.41 Å². The summed E-state index contributed by atoms with van der Waals surface area (Å²) in [6, 6.07) is 11.2. The van der Waals surface area contributed by atoms with E-state index >= 15 is 0 Å². The molecule has 2 aliphatic rings. The van der Waals surface area contributed by atoms with E-state index in [4.69, 9.17) is 0 Å². The minimum Gasteiger partial charge on any atom is -0.342 e. The fourth-order valence-corrected chi connectivity index (χ4v) is 4.86. The number of halogens is 1. The highest BCUT2D eigenvalue weighted by Crippen LogP contribution is 2.40. The van der Waals surface area contributed by atoms with Crippen LogP contribution in [-0.2, 0) is 17.8 Å². The molecule has 0 atom stereocenters. The van der Waals surface area contributed by atoms with Crippen molar-refractivity contribution in [2.45, 2.75) is 45.6 Å². The van der Waals surface area contributed by atoms with Crippen molar-refractivity contribution in [1.82, 2.24) is 14.8 Å². The van der Waals surface area contributed by atoms with Gasteiger partial charge >= 0.3 is 0 Å². The molecule has 5 heteroatoms. The molecular weight excluding hydrogens is 365 g/mol. The van der Waals surface area contributed by atoms with Gasteiger partial charge in [-0.1, -0.05) is 12.1 Å². The van der Waals surface area contributed by atoms with E-state index in [0.29, 0.717) is 6.42 Å². The third-order valence-corrected chi connectivity index (χ3v) is 6.54. The van der Waals surface area contributed by atoms with Crippen LogP contribution in [0.15, 0.2) is 42.6 Å². The van der Waals surface area contributed by atoms with Gasteiger partial charge < -0.3 is 4.90 Å². The summed E-state index contributed by atoms with van der Waals surface area (Å²) in [5, 5.41) is 0. The number of piperidine rings is 2. The molecule has 2 fully saturated rings. The van der Waals surface area contributed by atoms with Gasteiger partial charge in [-0.25, -0.2) is 4.39 Å². The van der Waals surface area contributed by atoms with Crippen LogP contribution >= 0.6 is 0 Å². The number of pyridine rings is 1. The zero-order valence-electron chi connectivity index (χ0n) is 17.2. The predicted octanol–water partition coefficient (Wildman–Crippen LogP) is 3.98. The molecule has 29 heavy (non-hydrogen) atoms. The second-order valence-electron chi connectivity index (χ2n) is 8.80. The molecule has 0 aliphatic carbocycles. The standard InChI is InChI=1S/C24H30FN3O/c1-19-14-20(16-21(25)15-19)17-27-12-8-24(9-13-27)7-5-23(29)28(18-24)11-6-22-4-2-3-10-26-22/h2-4,10,14-16H,5-9,11-13,17-18H2,1H3. The summed E-state index contributed by atoms with van der Waals surface area (Å²) in [4.78, 5) is 21.3. The number of amides is 1. The second kappa shape index (κ2) is 8.62. The minimum absolute atomic E-state index is 0.150. The van der Waals surface area contributed by atoms with Crippen molar-refractivity contribution >= 4 is 5.91 Å². The van der Waals surface area contributed by atoms with E-state index < -0.39 is 0 Å². The smallest absolute Gasteiger partial charge is 0.222 e. The summed E-state index contributed by atoms with van der Waals surface area (Å²) >= 11 is 0. The van der Waals surface area contributed by atoms with Crippen LogP contribution in [0, 0.1) is 18.2 Å². The molecule has 1 amide bonds. The van der Waals surface area contributed by atoms with E-state index in [2.05, 4.69) is 20.9 Å². The molecule has 0 bridgehead atoms. The number of hydrogen-bond acceptors (Lipinski definition) is 3. The summed E-state index contributed by atoms with van der Waals surface area (Å²) in [5.41, 5.74) is 3.31. The highest BCUT2D eigenvalue weighted by Gasteiger charge is 2.40. The number of likely N-dealkylation sites (tertiary alicyclic amines) is 2. The Morgan fingerprint density at radius 1 is 1.14 bits per heavy atom. The summed E-state index contributed by atoms with van der Waals surface area (Å²) in [6.45, 7) is 6.39. The Balaban J connectivity index is 1.32. The molecular formula is C24H30FN3O. The Morgan fingerprint density at radius 2 is 1.97 bits per heavy atom. The molecule has 154 valence electrons. The summed E-state index contributed by atoms with van der Waals surface area (Å²) < 4.78 is 13.7. The Kier molecular flexibility index (Phi) is 5.95. The van der Waals surface area contributed by atoms with Crippen molar-refractivity contribution in [3.05, 3.63) is 65.2 Å². The van der Waals surface area contributed by atoms with Gasteiger partial charge in [0.05, 0.1) is 0 Å². The molecule has 1 aromatic heterocycles. The number of carbonyl (C=O) groups excluding carboxylic acids is 1. The predicted molar refractivity (Wildman–Crippen MR) is 112 cm³/mol. The number of hydrogen-bond donors (Lipinski definition) is 0. The van der Waals surface area contributed by atoms with Gasteiger partial charge in [0, 0.05) is 44.4 Å². The fraction of sp³-hybridized carbons (Fsp3) is 0.500. The Labute approximate surface area is 172 Å². The van der Waals surface area contributed by atoms with Gasteiger partial charge in [-0.3, -0.25) is 14.7 Å². The average molecular weight is 396 g/mol. The van der Waals surface area contributed by atoms with E-state index in [1.54, 1.807) is 12.1 Å². The van der Waals surface area contributed by atoms with Gasteiger partial charge in [0.15, 0.2) is 0 Å². The number of nitrogens with zero attached hydrogens (tertiary/aromatic N) is 3. The molecule has 0 N–H and O–H groups in total. The van der Waals surface area contributed by atoms with Crippen LogP contribution in [0.2, 0.25) is 0 Å². The van der Waals surface area contributed by atoms with Crippen LogP contribution in [-0.4, -0.2) is 46.9 Å². The Bertz CT molecular complexity index is 826. The summed E-state index contributed by atoms with van der Waals surface area (Å²) in [6.07, 6.45) is 6.49. The molecule has 4 rings (SSSR count). The average Bonchev–Trinajstić information content (AvgIpc) is 2.71. The van der Waals surface area contributed by atoms with E-state index in [1.165, 1.54) is 0 Å². The van der Waals surface area contributed by atoms with E-state index in [0.717, 1.165) is 75.2 Å². The zero-order valence-corrected chi connectivity index (χ0v) is 17.2.